The molecule has 124 heavy (non-hydrogen) atoms. The Kier molecular flexibility index (Phi) is 28.7. The second-order valence-electron chi connectivity index (χ2n) is 30.8. The van der Waals surface area contributed by atoms with E-state index in [0.717, 1.165) is 142 Å². The zero-order chi connectivity index (χ0) is 86.2. The van der Waals surface area contributed by atoms with Gasteiger partial charge in [0.15, 0.2) is 11.6 Å². The van der Waals surface area contributed by atoms with Crippen LogP contribution in [0.3, 0.4) is 0 Å². The Labute approximate surface area is 729 Å². The Morgan fingerprint density at radius 1 is 0.484 bits per heavy atom. The van der Waals surface area contributed by atoms with Gasteiger partial charge in [0.1, 0.15) is 75.9 Å². The first kappa shape index (κ1) is 89.9. The predicted molar refractivity (Wildman–Crippen MR) is 447 cm³/mol. The van der Waals surface area contributed by atoms with Crippen LogP contribution in [0.5, 0.6) is 0 Å². The number of anilines is 3. The number of aryl methyl sites for hydroxylation is 7. The molecule has 5 fully saturated rings. The maximum absolute atomic E-state index is 14.8. The van der Waals surface area contributed by atoms with Crippen LogP contribution in [0.1, 0.15) is 218 Å². The third-order valence-electron chi connectivity index (χ3n) is 21.2. The summed E-state index contributed by atoms with van der Waals surface area (Å²) in [6.07, 6.45) is 30.3. The zero-order valence-electron chi connectivity index (χ0n) is 68.6. The molecular weight excluding hydrogens is 1790 g/mol. The minimum atomic E-state index is -1.29. The maximum atomic E-state index is 14.8. The van der Waals surface area contributed by atoms with Crippen LogP contribution in [0.4, 0.5) is 39.3 Å². The second-order valence-corrected chi connectivity index (χ2v) is 31.1. The Morgan fingerprint density at radius 2 is 0.863 bits per heavy atom. The van der Waals surface area contributed by atoms with E-state index in [1.54, 1.807) is 79.1 Å². The second kappa shape index (κ2) is 39.6. The van der Waals surface area contributed by atoms with Crippen molar-refractivity contribution in [3.8, 4) is 70.3 Å². The molecule has 0 bridgehead atoms. The Hall–Kier alpha value is -13.4. The molecule has 1 amide bonds. The van der Waals surface area contributed by atoms with Gasteiger partial charge in [-0.05, 0) is 249 Å². The van der Waals surface area contributed by atoms with Crippen molar-refractivity contribution in [1.82, 2.24) is 99.5 Å². The molecule has 8 aromatic heterocycles. The largest absolute Gasteiger partial charge is 0.478 e. The van der Waals surface area contributed by atoms with Gasteiger partial charge in [-0.25, -0.2) is 55.4 Å². The quantitative estimate of drug-likeness (QED) is 0.0258. The molecule has 20 rings (SSSR count). The van der Waals surface area contributed by atoms with Crippen LogP contribution in [0.2, 0.25) is 0 Å². The normalized spacial score (nSPS) is 14.4. The number of carboxylic acids is 1. The number of rotatable bonds is 14. The summed E-state index contributed by atoms with van der Waals surface area (Å²) < 4.78 is 78.6. The number of carboxylic acid groups (broad SMARTS) is 1. The van der Waals surface area contributed by atoms with E-state index >= 15 is 0 Å². The molecule has 0 spiro atoms. The standard InChI is InChI=1S/C24H23FN8O.C13H11ClFN3O.C13H11FN4.C13H12FN3O2.C11H13N5.C8H7FN2.C5H6.CH3.W/c1-14-11-17(25)16(12-20(14)33-13-19(28-31-33)15-8-9-15)24(34)27-21-6-4-5-18(26-21)23-30-29-22-7-2-3-10-32(22)23;1-7-4-10(15)9(13(14)19)5-12(7)18-6-11(16-17-18)8-2-3-8;1-8-4-11(14)10(6-15)5-13(8)18-7-12(16-17-18)9-2-3-9;1-7-4-10(14)9(13(18)19)5-12(7)17-6-11(15-16-17)8-2-3-8;12-9-5-3-4-8(13-9)11-15-14-10-6-1-2-7-16(10)11;1-5-2-7(9)6(4-10)3-8(5)11;1-2-5-3-4-5;;/h4-6,11-13,15H,2-3,7-10H2,1H3,(H,26,27,34);4-6,8H,2-3H2,1H3;4-5,7,9H,2-3H2,1H3;4-6,8H,2-3H2,1H3,(H,18,19);3-5H,1-2,6-7H2,(H2,12,13);2-3H,11H2,1H3;1,5H,3-4H2;1H3;/q;;;;;;;-1;. The van der Waals surface area contributed by atoms with E-state index in [9.17, 15) is 36.3 Å². The van der Waals surface area contributed by atoms with Gasteiger partial charge in [0.25, 0.3) is 11.1 Å². The Morgan fingerprint density at radius 3 is 1.26 bits per heavy atom. The van der Waals surface area contributed by atoms with Crippen LogP contribution in [0, 0.1) is 112 Å². The van der Waals surface area contributed by atoms with Crippen LogP contribution in [0.15, 0.2) is 122 Å². The molecule has 0 saturated heterocycles. The van der Waals surface area contributed by atoms with E-state index in [2.05, 4.69) is 92.0 Å². The molecule has 29 nitrogen and oxygen atoms in total. The van der Waals surface area contributed by atoms with Gasteiger partial charge in [0, 0.05) is 82.3 Å². The average molecular weight is 1870 g/mol. The van der Waals surface area contributed by atoms with E-state index in [0.29, 0.717) is 103 Å². The van der Waals surface area contributed by atoms with Crippen LogP contribution >= 0.6 is 11.6 Å². The Bertz CT molecular complexity index is 6140. The van der Waals surface area contributed by atoms with Crippen molar-refractivity contribution < 1.29 is 62.5 Å². The molecule has 0 unspecified atom stereocenters. The smallest absolute Gasteiger partial charge is 0.338 e. The number of carbonyl (C=O) groups is 3. The molecule has 36 heteroatoms. The molecule has 0 radical (unpaired) electrons. The fourth-order valence-electron chi connectivity index (χ4n) is 13.5. The summed E-state index contributed by atoms with van der Waals surface area (Å²) >= 11 is 5.36. The monoisotopic (exact) mass is 1870 g/mol. The number of nitrogens with one attached hydrogen (secondary N) is 1. The van der Waals surface area contributed by atoms with E-state index in [1.807, 2.05) is 42.9 Å². The molecule has 5 aliphatic carbocycles. The predicted octanol–water partition coefficient (Wildman–Crippen LogP) is 15.9. The number of pyridine rings is 2. The van der Waals surface area contributed by atoms with Gasteiger partial charge in [-0.3, -0.25) is 9.59 Å². The number of nitrogens with two attached hydrogens (primary N) is 2. The van der Waals surface area contributed by atoms with Gasteiger partial charge in [-0.1, -0.05) is 33.0 Å². The number of hydrogen-bond donors (Lipinski definition) is 4. The van der Waals surface area contributed by atoms with Crippen molar-refractivity contribution in [3.63, 3.8) is 0 Å². The zero-order valence-corrected chi connectivity index (χ0v) is 72.3. The SMILES string of the molecule is C#CC1CC1.Cc1cc(F)c(C#N)cc1-n1cc(C2CC2)nn1.Cc1cc(F)c(C#N)cc1N.Cc1cc(F)c(C(=O)Cl)cc1-n1cc(C2CC2)nn1.Cc1cc(F)c(C(=O)Nc2cccc(-c3nnc4n3CCCC4)n2)cc1-n1cc(C2CC2)nn1.Cc1cc(F)c(C(=O)O)cc1-n1cc(C2CC2)nn1.Nc1cccc(-c2nnc3n2CCCC3)n1.[CH3-].[W]. The molecule has 6 N–H and O–H groups in total. The third-order valence-corrected chi connectivity index (χ3v) is 21.4. The number of nitriles is 2. The van der Waals surface area contributed by atoms with Gasteiger partial charge < -0.3 is 38.5 Å². The summed E-state index contributed by atoms with van der Waals surface area (Å²) in [4.78, 5) is 44.0. The molecule has 636 valence electrons. The molecule has 2 aliphatic heterocycles. The number of halogens is 6. The molecule has 5 saturated carbocycles. The van der Waals surface area contributed by atoms with E-state index < -0.39 is 46.2 Å². The number of aromatic carboxylic acids is 1. The number of nitrogens with zero attached hydrogens (tertiary/aromatic N) is 22. The van der Waals surface area contributed by atoms with Crippen molar-refractivity contribution in [2.45, 2.75) is 174 Å². The summed E-state index contributed by atoms with van der Waals surface area (Å²) in [6, 6.07) is 27.9. The fourth-order valence-corrected chi connectivity index (χ4v) is 13.6. The van der Waals surface area contributed by atoms with Crippen LogP contribution in [-0.2, 0) is 47.0 Å². The fraction of sp³-hybridized carbons (Fsp3) is 0.318. The summed E-state index contributed by atoms with van der Waals surface area (Å²) in [6.45, 7) is 10.6. The van der Waals surface area contributed by atoms with Gasteiger partial charge in [0.05, 0.1) is 98.1 Å². The molecule has 5 aromatic carbocycles. The van der Waals surface area contributed by atoms with Crippen molar-refractivity contribution >= 4 is 46.0 Å². The van der Waals surface area contributed by atoms with Gasteiger partial charge in [0.2, 0.25) is 0 Å². The van der Waals surface area contributed by atoms with Crippen molar-refractivity contribution in [3.05, 3.63) is 248 Å². The molecule has 7 aliphatic rings. The molecule has 13 aromatic rings. The summed E-state index contributed by atoms with van der Waals surface area (Å²) in [5, 5.41) is 77.8. The van der Waals surface area contributed by atoms with Crippen molar-refractivity contribution in [2.24, 2.45) is 5.92 Å². The number of hydrogen-bond acceptors (Lipinski definition) is 21. The van der Waals surface area contributed by atoms with Crippen LogP contribution < -0.4 is 16.8 Å². The number of amides is 1. The Balaban J connectivity index is 0.000000138. The first-order chi connectivity index (χ1) is 58.8. The minimum Gasteiger partial charge on any atom is -0.478 e. The van der Waals surface area contributed by atoms with Gasteiger partial charge in [-0.2, -0.15) is 10.5 Å². The summed E-state index contributed by atoms with van der Waals surface area (Å²) in [5.74, 6) is 4.72. The number of terminal acetylenes is 1. The van der Waals surface area contributed by atoms with E-state index in [-0.39, 0.29) is 56.3 Å². The molecular formula is C88H86ClF5N25O4W-. The van der Waals surface area contributed by atoms with Crippen LogP contribution in [0.25, 0.3) is 45.8 Å². The van der Waals surface area contributed by atoms with Crippen molar-refractivity contribution in [1.29, 1.82) is 10.5 Å². The molecule has 0 atom stereocenters. The maximum Gasteiger partial charge on any atom is 0.338 e. The van der Waals surface area contributed by atoms with Gasteiger partial charge >= 0.3 is 5.97 Å². The summed E-state index contributed by atoms with van der Waals surface area (Å²) in [7, 11) is 0. The first-order valence-electron chi connectivity index (χ1n) is 39.8. The van der Waals surface area contributed by atoms with Crippen LogP contribution in [-0.4, -0.2) is 122 Å². The number of nitrogen functional groups attached to an aromatic ring is 2. The first-order valence-corrected chi connectivity index (χ1v) is 40.2. The van der Waals surface area contributed by atoms with E-state index in [1.165, 1.54) is 91.0 Å². The molecule has 10 heterocycles. The third kappa shape index (κ3) is 21.9. The number of fused-ring (bicyclic) bond motifs is 2. The van der Waals surface area contributed by atoms with E-state index in [4.69, 9.17) is 45.1 Å². The van der Waals surface area contributed by atoms with Gasteiger partial charge in [-0.15, -0.1) is 53.1 Å². The topological polar surface area (TPSA) is 393 Å². The number of aromatic nitrogens is 20. The number of carbonyl (C=O) groups excluding carboxylic acids is 2. The number of benzene rings is 5. The average Bonchev–Trinajstić information content (AvgIpc) is 1.53. The summed E-state index contributed by atoms with van der Waals surface area (Å²) in [5.41, 5.74) is 22.0. The minimum absolute atomic E-state index is 0. The van der Waals surface area contributed by atoms with Crippen molar-refractivity contribution in [2.75, 3.05) is 16.8 Å².